The maximum absolute atomic E-state index is 5.49. The molecule has 0 atom stereocenters. The molecule has 1 aliphatic carbocycles. The molecule has 0 aromatic heterocycles. The summed E-state index contributed by atoms with van der Waals surface area (Å²) in [5.41, 5.74) is 0.460. The minimum absolute atomic E-state index is 0.460. The van der Waals surface area contributed by atoms with E-state index in [1.54, 1.807) is 0 Å². The molecular weight excluding hydrogens is 150 g/mol. The number of rotatable bonds is 3. The highest BCUT2D eigenvalue weighted by Gasteiger charge is 2.49. The van der Waals surface area contributed by atoms with E-state index in [1.807, 2.05) is 6.08 Å². The zero-order valence-corrected chi connectivity index (χ0v) is 7.59. The molecular formula is C10H17NO. The van der Waals surface area contributed by atoms with Crippen molar-refractivity contribution in [2.24, 2.45) is 0 Å². The molecule has 2 rings (SSSR count). The second-order valence-corrected chi connectivity index (χ2v) is 3.84. The fourth-order valence-electron chi connectivity index (χ4n) is 1.97. The van der Waals surface area contributed by atoms with E-state index in [9.17, 15) is 0 Å². The Bertz CT molecular complexity index is 175. The second kappa shape index (κ2) is 3.19. The van der Waals surface area contributed by atoms with E-state index in [4.69, 9.17) is 4.74 Å². The van der Waals surface area contributed by atoms with Crippen molar-refractivity contribution in [3.05, 3.63) is 12.7 Å². The number of nitrogens with zero attached hydrogens (tertiary/aromatic N) is 1. The third-order valence-electron chi connectivity index (χ3n) is 2.98. The van der Waals surface area contributed by atoms with Crippen molar-refractivity contribution in [3.8, 4) is 0 Å². The summed E-state index contributed by atoms with van der Waals surface area (Å²) in [6.07, 6.45) is 5.79. The first-order chi connectivity index (χ1) is 5.87. The Kier molecular flexibility index (Phi) is 2.20. The maximum Gasteiger partial charge on any atom is 0.0651 e. The van der Waals surface area contributed by atoms with Gasteiger partial charge in [-0.15, -0.1) is 6.58 Å². The summed E-state index contributed by atoms with van der Waals surface area (Å²) >= 11 is 0. The highest BCUT2D eigenvalue weighted by Crippen LogP contribution is 2.43. The van der Waals surface area contributed by atoms with Gasteiger partial charge in [0.05, 0.1) is 13.2 Å². The van der Waals surface area contributed by atoms with E-state index in [1.165, 1.54) is 19.4 Å². The Morgan fingerprint density at radius 3 is 3.00 bits per heavy atom. The van der Waals surface area contributed by atoms with Gasteiger partial charge in [-0.25, -0.2) is 0 Å². The molecule has 2 heteroatoms. The zero-order chi connectivity index (χ0) is 8.44. The molecule has 2 fully saturated rings. The van der Waals surface area contributed by atoms with Gasteiger partial charge < -0.3 is 4.74 Å². The van der Waals surface area contributed by atoms with Gasteiger partial charge in [0.15, 0.2) is 0 Å². The van der Waals surface area contributed by atoms with Gasteiger partial charge in [-0.3, -0.25) is 4.90 Å². The van der Waals surface area contributed by atoms with Crippen LogP contribution in [0.5, 0.6) is 0 Å². The van der Waals surface area contributed by atoms with Crippen LogP contribution in [0.3, 0.4) is 0 Å². The van der Waals surface area contributed by atoms with Gasteiger partial charge >= 0.3 is 0 Å². The molecule has 0 aromatic rings. The van der Waals surface area contributed by atoms with Crippen molar-refractivity contribution < 1.29 is 4.74 Å². The summed E-state index contributed by atoms with van der Waals surface area (Å²) in [7, 11) is 0. The summed E-state index contributed by atoms with van der Waals surface area (Å²) in [6, 6.07) is 0. The van der Waals surface area contributed by atoms with Crippen molar-refractivity contribution in [1.29, 1.82) is 0 Å². The lowest BCUT2D eigenvalue weighted by atomic mass is 10.2. The van der Waals surface area contributed by atoms with Gasteiger partial charge in [0.25, 0.3) is 0 Å². The van der Waals surface area contributed by atoms with E-state index in [-0.39, 0.29) is 0 Å². The number of hydrogen-bond acceptors (Lipinski definition) is 2. The van der Waals surface area contributed by atoms with Crippen LogP contribution in [-0.4, -0.2) is 36.7 Å². The largest absolute Gasteiger partial charge is 0.378 e. The van der Waals surface area contributed by atoms with E-state index < -0.39 is 0 Å². The Labute approximate surface area is 74.2 Å². The summed E-state index contributed by atoms with van der Waals surface area (Å²) in [6.45, 7) is 7.93. The zero-order valence-electron chi connectivity index (χ0n) is 7.59. The molecule has 0 N–H and O–H groups in total. The molecule has 0 bridgehead atoms. The fourth-order valence-corrected chi connectivity index (χ4v) is 1.97. The number of hydrogen-bond donors (Lipinski definition) is 0. The van der Waals surface area contributed by atoms with E-state index in [0.717, 1.165) is 26.2 Å². The molecule has 0 radical (unpaired) electrons. The smallest absolute Gasteiger partial charge is 0.0651 e. The van der Waals surface area contributed by atoms with Crippen LogP contribution in [-0.2, 0) is 4.74 Å². The van der Waals surface area contributed by atoms with Crippen molar-refractivity contribution in [3.63, 3.8) is 0 Å². The van der Waals surface area contributed by atoms with Crippen LogP contribution in [0.2, 0.25) is 0 Å². The molecule has 2 nitrogen and oxygen atoms in total. The monoisotopic (exact) mass is 167 g/mol. The lowest BCUT2D eigenvalue weighted by Crippen LogP contribution is -2.47. The van der Waals surface area contributed by atoms with E-state index in [2.05, 4.69) is 11.5 Å². The lowest BCUT2D eigenvalue weighted by Gasteiger charge is -2.35. The topological polar surface area (TPSA) is 12.5 Å². The highest BCUT2D eigenvalue weighted by molar-refractivity contribution is 5.05. The van der Waals surface area contributed by atoms with Gasteiger partial charge in [0.1, 0.15) is 0 Å². The Morgan fingerprint density at radius 1 is 1.50 bits per heavy atom. The average Bonchev–Trinajstić information content (AvgIpc) is 2.85. The molecule has 1 spiro atoms. The van der Waals surface area contributed by atoms with Gasteiger partial charge in [-0.2, -0.15) is 0 Å². The summed E-state index contributed by atoms with van der Waals surface area (Å²) in [4.78, 5) is 2.58. The van der Waals surface area contributed by atoms with Crippen molar-refractivity contribution >= 4 is 0 Å². The summed E-state index contributed by atoms with van der Waals surface area (Å²) in [5, 5.41) is 0. The van der Waals surface area contributed by atoms with Crippen LogP contribution in [0.15, 0.2) is 12.7 Å². The van der Waals surface area contributed by atoms with Crippen LogP contribution >= 0.6 is 0 Å². The standard InChI is InChI=1S/C10H17NO/c1-2-3-6-11-7-8-12-9-10(11)4-5-10/h2H,1,3-9H2. The van der Waals surface area contributed by atoms with E-state index in [0.29, 0.717) is 5.54 Å². The molecule has 1 aliphatic heterocycles. The summed E-state index contributed by atoms with van der Waals surface area (Å²) in [5.74, 6) is 0. The molecule has 0 amide bonds. The third-order valence-corrected chi connectivity index (χ3v) is 2.98. The first-order valence-electron chi connectivity index (χ1n) is 4.81. The molecule has 1 saturated heterocycles. The molecule has 0 aromatic carbocycles. The summed E-state index contributed by atoms with van der Waals surface area (Å²) < 4.78 is 5.49. The fraction of sp³-hybridized carbons (Fsp3) is 0.800. The predicted octanol–water partition coefficient (Wildman–Crippen LogP) is 1.43. The molecule has 0 unspecified atom stereocenters. The molecule has 1 heterocycles. The van der Waals surface area contributed by atoms with Crippen molar-refractivity contribution in [1.82, 2.24) is 4.90 Å². The van der Waals surface area contributed by atoms with Crippen LogP contribution in [0.1, 0.15) is 19.3 Å². The third kappa shape index (κ3) is 1.41. The number of morpholine rings is 1. The van der Waals surface area contributed by atoms with E-state index >= 15 is 0 Å². The second-order valence-electron chi connectivity index (χ2n) is 3.84. The van der Waals surface area contributed by atoms with Gasteiger partial charge in [0, 0.05) is 18.6 Å². The van der Waals surface area contributed by atoms with Crippen LogP contribution in [0, 0.1) is 0 Å². The maximum atomic E-state index is 5.49. The molecule has 12 heavy (non-hydrogen) atoms. The van der Waals surface area contributed by atoms with Crippen LogP contribution in [0.25, 0.3) is 0 Å². The quantitative estimate of drug-likeness (QED) is 0.589. The van der Waals surface area contributed by atoms with Crippen LogP contribution < -0.4 is 0 Å². The number of ether oxygens (including phenoxy) is 1. The molecule has 1 saturated carbocycles. The average molecular weight is 167 g/mol. The minimum atomic E-state index is 0.460. The Balaban J connectivity index is 1.88. The minimum Gasteiger partial charge on any atom is -0.378 e. The van der Waals surface area contributed by atoms with Gasteiger partial charge in [-0.1, -0.05) is 6.08 Å². The van der Waals surface area contributed by atoms with Crippen LogP contribution in [0.4, 0.5) is 0 Å². The Hall–Kier alpha value is -0.340. The first-order valence-corrected chi connectivity index (χ1v) is 4.81. The van der Waals surface area contributed by atoms with Crippen molar-refractivity contribution in [2.45, 2.75) is 24.8 Å². The lowest BCUT2D eigenvalue weighted by molar-refractivity contribution is -0.0192. The predicted molar refractivity (Wildman–Crippen MR) is 49.2 cm³/mol. The Morgan fingerprint density at radius 2 is 2.33 bits per heavy atom. The van der Waals surface area contributed by atoms with Gasteiger partial charge in [-0.05, 0) is 19.3 Å². The first kappa shape index (κ1) is 8.27. The highest BCUT2D eigenvalue weighted by atomic mass is 16.5. The van der Waals surface area contributed by atoms with Crippen molar-refractivity contribution in [2.75, 3.05) is 26.3 Å². The SMILES string of the molecule is C=CCCN1CCOCC12CC2. The van der Waals surface area contributed by atoms with Gasteiger partial charge in [0.2, 0.25) is 0 Å². The molecule has 68 valence electrons. The normalized spacial score (nSPS) is 27.3. The molecule has 2 aliphatic rings.